The first-order chi connectivity index (χ1) is 17.5. The molecule has 5 rings (SSSR count). The minimum absolute atomic E-state index is 0.0541. The first-order valence-corrected chi connectivity index (χ1v) is 13.9. The molecule has 2 amide bonds. The molecule has 0 radical (unpaired) electrons. The van der Waals surface area contributed by atoms with E-state index in [-0.39, 0.29) is 23.9 Å². The number of carbonyl (C=O) groups is 2. The van der Waals surface area contributed by atoms with Crippen molar-refractivity contribution in [3.05, 3.63) is 92.7 Å². The molecule has 188 valence electrons. The summed E-state index contributed by atoms with van der Waals surface area (Å²) in [5.41, 5.74) is 5.82. The summed E-state index contributed by atoms with van der Waals surface area (Å²) in [5.74, 6) is 0.213. The highest BCUT2D eigenvalue weighted by molar-refractivity contribution is 7.10. The van der Waals surface area contributed by atoms with E-state index in [4.69, 9.17) is 0 Å². The number of hydrogen-bond donors (Lipinski definition) is 0. The monoisotopic (exact) mass is 501 g/mol. The number of amides is 2. The molecular formula is C30H35N3O2S. The molecule has 2 aliphatic heterocycles. The van der Waals surface area contributed by atoms with E-state index in [2.05, 4.69) is 61.4 Å². The molecule has 0 spiro atoms. The predicted molar refractivity (Wildman–Crippen MR) is 146 cm³/mol. The molecule has 0 saturated carbocycles. The van der Waals surface area contributed by atoms with Crippen LogP contribution in [0.5, 0.6) is 0 Å². The summed E-state index contributed by atoms with van der Waals surface area (Å²) < 4.78 is 0. The highest BCUT2D eigenvalue weighted by Gasteiger charge is 2.38. The van der Waals surface area contributed by atoms with Gasteiger partial charge in [0.15, 0.2) is 0 Å². The standard InChI is InChI=1S/C30H35N3O2S/c1-4-23-9-11-24(12-10-23)30(35)32-18-16-31(17-19-32)29(34)22(3)33-15-13-27-26(14-20-36-27)28(33)25-8-6-5-7-21(25)2/h5-12,14,20,22,28H,4,13,15-19H2,1-3H3. The molecule has 0 N–H and O–H groups in total. The molecule has 36 heavy (non-hydrogen) atoms. The van der Waals surface area contributed by atoms with Crippen molar-refractivity contribution in [3.63, 3.8) is 0 Å². The molecular weight excluding hydrogens is 466 g/mol. The van der Waals surface area contributed by atoms with Crippen molar-refractivity contribution in [3.8, 4) is 0 Å². The van der Waals surface area contributed by atoms with E-state index >= 15 is 0 Å². The van der Waals surface area contributed by atoms with Crippen LogP contribution in [0, 0.1) is 6.92 Å². The van der Waals surface area contributed by atoms with E-state index in [9.17, 15) is 9.59 Å². The van der Waals surface area contributed by atoms with Crippen molar-refractivity contribution in [1.82, 2.24) is 14.7 Å². The molecule has 2 aromatic carbocycles. The minimum Gasteiger partial charge on any atom is -0.338 e. The second kappa shape index (κ2) is 10.6. The van der Waals surface area contributed by atoms with E-state index in [0.29, 0.717) is 26.2 Å². The maximum absolute atomic E-state index is 13.7. The quantitative estimate of drug-likeness (QED) is 0.498. The van der Waals surface area contributed by atoms with Crippen LogP contribution in [0.15, 0.2) is 60.0 Å². The van der Waals surface area contributed by atoms with Crippen molar-refractivity contribution in [2.24, 2.45) is 0 Å². The zero-order valence-corrected chi connectivity index (χ0v) is 22.3. The van der Waals surface area contributed by atoms with Gasteiger partial charge in [-0.15, -0.1) is 11.3 Å². The number of thiophene rings is 1. The van der Waals surface area contributed by atoms with Crippen LogP contribution in [-0.4, -0.2) is 65.3 Å². The summed E-state index contributed by atoms with van der Waals surface area (Å²) in [6.45, 7) is 9.49. The number of rotatable bonds is 5. The lowest BCUT2D eigenvalue weighted by Crippen LogP contribution is -2.56. The molecule has 1 saturated heterocycles. The van der Waals surface area contributed by atoms with Crippen LogP contribution in [0.1, 0.15) is 57.4 Å². The largest absolute Gasteiger partial charge is 0.338 e. The lowest BCUT2D eigenvalue weighted by Gasteiger charge is -2.43. The third-order valence-electron chi connectivity index (χ3n) is 7.83. The summed E-state index contributed by atoms with van der Waals surface area (Å²) in [6.07, 6.45) is 1.94. The summed E-state index contributed by atoms with van der Waals surface area (Å²) in [5, 5.41) is 2.18. The minimum atomic E-state index is -0.230. The van der Waals surface area contributed by atoms with E-state index in [1.54, 1.807) is 0 Å². The van der Waals surface area contributed by atoms with Gasteiger partial charge in [0.25, 0.3) is 5.91 Å². The Hall–Kier alpha value is -2.96. The zero-order valence-electron chi connectivity index (χ0n) is 21.4. The first-order valence-electron chi connectivity index (χ1n) is 13.0. The molecule has 0 aliphatic carbocycles. The van der Waals surface area contributed by atoms with Crippen LogP contribution in [-0.2, 0) is 17.6 Å². The van der Waals surface area contributed by atoms with Crippen molar-refractivity contribution in [2.45, 2.75) is 45.7 Å². The van der Waals surface area contributed by atoms with Crippen LogP contribution in [0.3, 0.4) is 0 Å². The SMILES string of the molecule is CCc1ccc(C(=O)N2CCN(C(=O)C(C)N3CCc4sccc4C3c3ccccc3C)CC2)cc1. The van der Waals surface area contributed by atoms with Gasteiger partial charge in [-0.05, 0) is 72.5 Å². The van der Waals surface area contributed by atoms with E-state index in [0.717, 1.165) is 24.9 Å². The van der Waals surface area contributed by atoms with Crippen molar-refractivity contribution < 1.29 is 9.59 Å². The molecule has 3 heterocycles. The Balaban J connectivity index is 1.28. The third kappa shape index (κ3) is 4.72. The van der Waals surface area contributed by atoms with E-state index < -0.39 is 0 Å². The Morgan fingerprint density at radius 3 is 2.31 bits per heavy atom. The highest BCUT2D eigenvalue weighted by atomic mass is 32.1. The number of aryl methyl sites for hydroxylation is 2. The smallest absolute Gasteiger partial charge is 0.253 e. The number of benzene rings is 2. The van der Waals surface area contributed by atoms with Gasteiger partial charge in [0.05, 0.1) is 12.1 Å². The highest BCUT2D eigenvalue weighted by Crippen LogP contribution is 2.40. The molecule has 1 aromatic heterocycles. The van der Waals surface area contributed by atoms with Gasteiger partial charge in [-0.2, -0.15) is 0 Å². The Morgan fingerprint density at radius 1 is 0.917 bits per heavy atom. The Bertz CT molecular complexity index is 1230. The number of hydrogen-bond acceptors (Lipinski definition) is 4. The fraction of sp³-hybridized carbons (Fsp3) is 0.400. The second-order valence-electron chi connectivity index (χ2n) is 9.89. The van der Waals surface area contributed by atoms with Gasteiger partial charge in [-0.25, -0.2) is 0 Å². The van der Waals surface area contributed by atoms with Gasteiger partial charge in [0.2, 0.25) is 5.91 Å². The molecule has 1 fully saturated rings. The van der Waals surface area contributed by atoms with Gasteiger partial charge in [0, 0.05) is 43.2 Å². The molecule has 3 aromatic rings. The van der Waals surface area contributed by atoms with Crippen molar-refractivity contribution in [2.75, 3.05) is 32.7 Å². The average Bonchev–Trinajstić information content (AvgIpc) is 3.41. The number of nitrogens with zero attached hydrogens (tertiary/aromatic N) is 3. The molecule has 2 unspecified atom stereocenters. The number of piperazine rings is 1. The summed E-state index contributed by atoms with van der Waals surface area (Å²) in [7, 11) is 0. The fourth-order valence-corrected chi connectivity index (χ4v) is 6.50. The van der Waals surface area contributed by atoms with Gasteiger partial charge < -0.3 is 9.80 Å². The van der Waals surface area contributed by atoms with Crippen LogP contribution in [0.25, 0.3) is 0 Å². The Kier molecular flexibility index (Phi) is 7.26. The molecule has 2 atom stereocenters. The zero-order chi connectivity index (χ0) is 25.2. The summed E-state index contributed by atoms with van der Waals surface area (Å²) in [4.78, 5) is 34.3. The van der Waals surface area contributed by atoms with Crippen LogP contribution >= 0.6 is 11.3 Å². The predicted octanol–water partition coefficient (Wildman–Crippen LogP) is 4.94. The van der Waals surface area contributed by atoms with Crippen molar-refractivity contribution >= 4 is 23.2 Å². The first kappa shape index (κ1) is 24.7. The van der Waals surface area contributed by atoms with Gasteiger partial charge in [-0.1, -0.05) is 43.3 Å². The maximum Gasteiger partial charge on any atom is 0.253 e. The molecule has 2 aliphatic rings. The summed E-state index contributed by atoms with van der Waals surface area (Å²) >= 11 is 1.82. The third-order valence-corrected chi connectivity index (χ3v) is 8.83. The number of carbonyl (C=O) groups excluding carboxylic acids is 2. The molecule has 5 nitrogen and oxygen atoms in total. The average molecular weight is 502 g/mol. The Labute approximate surface area is 218 Å². The van der Waals surface area contributed by atoms with Crippen LogP contribution in [0.2, 0.25) is 0 Å². The van der Waals surface area contributed by atoms with Gasteiger partial charge in [0.1, 0.15) is 0 Å². The number of fused-ring (bicyclic) bond motifs is 1. The van der Waals surface area contributed by atoms with Crippen LogP contribution < -0.4 is 0 Å². The van der Waals surface area contributed by atoms with Crippen molar-refractivity contribution in [1.29, 1.82) is 0 Å². The topological polar surface area (TPSA) is 43.9 Å². The normalized spacial score (nSPS) is 19.1. The second-order valence-corrected chi connectivity index (χ2v) is 10.9. The fourth-order valence-electron chi connectivity index (χ4n) is 5.59. The van der Waals surface area contributed by atoms with Gasteiger partial charge in [-0.3, -0.25) is 14.5 Å². The van der Waals surface area contributed by atoms with Crippen LogP contribution in [0.4, 0.5) is 0 Å². The molecule has 6 heteroatoms. The van der Waals surface area contributed by atoms with Gasteiger partial charge >= 0.3 is 0 Å². The lowest BCUT2D eigenvalue weighted by atomic mass is 9.89. The summed E-state index contributed by atoms with van der Waals surface area (Å²) in [6, 6.07) is 18.5. The lowest BCUT2D eigenvalue weighted by molar-refractivity contribution is -0.138. The maximum atomic E-state index is 13.7. The van der Waals surface area contributed by atoms with E-state index in [1.807, 2.05) is 45.4 Å². The Morgan fingerprint density at radius 2 is 1.61 bits per heavy atom. The van der Waals surface area contributed by atoms with E-state index in [1.165, 1.54) is 27.1 Å². The molecule has 0 bridgehead atoms.